The summed E-state index contributed by atoms with van der Waals surface area (Å²) in [6, 6.07) is 0.810. The standard InChI is InChI=1S/C16H29N3O2/c20-14-4-1-3-12(11-14)18-16(21)15-5-2-10-19(15)13-6-8-17-9-7-13/h12-15,17,20H,1-11H2,(H,18,21). The number of amides is 1. The van der Waals surface area contributed by atoms with Crippen molar-refractivity contribution in [2.75, 3.05) is 19.6 Å². The van der Waals surface area contributed by atoms with E-state index in [1.54, 1.807) is 0 Å². The normalized spacial score (nSPS) is 35.8. The van der Waals surface area contributed by atoms with Crippen LogP contribution in [0.3, 0.4) is 0 Å². The van der Waals surface area contributed by atoms with Crippen LogP contribution in [-0.2, 0) is 4.79 Å². The van der Waals surface area contributed by atoms with Crippen molar-refractivity contribution in [2.45, 2.75) is 75.6 Å². The highest BCUT2D eigenvalue weighted by Gasteiger charge is 2.36. The maximum absolute atomic E-state index is 12.6. The van der Waals surface area contributed by atoms with Gasteiger partial charge in [-0.05, 0) is 71.0 Å². The molecule has 3 rings (SSSR count). The van der Waals surface area contributed by atoms with E-state index < -0.39 is 0 Å². The number of nitrogens with one attached hydrogen (secondary N) is 2. The van der Waals surface area contributed by atoms with Crippen LogP contribution in [0.15, 0.2) is 0 Å². The summed E-state index contributed by atoms with van der Waals surface area (Å²) in [4.78, 5) is 15.1. The van der Waals surface area contributed by atoms with Gasteiger partial charge in [-0.25, -0.2) is 0 Å². The molecule has 2 saturated heterocycles. The minimum absolute atomic E-state index is 0.0622. The Hall–Kier alpha value is -0.650. The molecule has 120 valence electrons. The molecule has 3 unspecified atom stereocenters. The summed E-state index contributed by atoms with van der Waals surface area (Å²) in [7, 11) is 0. The Morgan fingerprint density at radius 3 is 2.67 bits per heavy atom. The van der Waals surface area contributed by atoms with Crippen molar-refractivity contribution in [3.05, 3.63) is 0 Å². The van der Waals surface area contributed by atoms with E-state index >= 15 is 0 Å². The average molecular weight is 295 g/mol. The van der Waals surface area contributed by atoms with Crippen LogP contribution >= 0.6 is 0 Å². The Morgan fingerprint density at radius 1 is 1.10 bits per heavy atom. The van der Waals surface area contributed by atoms with Gasteiger partial charge in [0.05, 0.1) is 12.1 Å². The molecule has 21 heavy (non-hydrogen) atoms. The average Bonchev–Trinajstić information content (AvgIpc) is 2.98. The molecule has 3 aliphatic rings. The topological polar surface area (TPSA) is 64.6 Å². The lowest BCUT2D eigenvalue weighted by atomic mass is 9.92. The SMILES string of the molecule is O=C(NC1CCCC(O)C1)C1CCCN1C1CCNCC1. The van der Waals surface area contributed by atoms with Crippen LogP contribution in [0.4, 0.5) is 0 Å². The Morgan fingerprint density at radius 2 is 1.90 bits per heavy atom. The van der Waals surface area contributed by atoms with Crippen LogP contribution in [0.1, 0.15) is 51.4 Å². The molecule has 5 heteroatoms. The van der Waals surface area contributed by atoms with Crippen molar-refractivity contribution < 1.29 is 9.90 Å². The molecule has 1 amide bonds. The summed E-state index contributed by atoms with van der Waals surface area (Å²) in [5.41, 5.74) is 0. The highest BCUT2D eigenvalue weighted by Crippen LogP contribution is 2.25. The zero-order valence-corrected chi connectivity index (χ0v) is 12.9. The Labute approximate surface area is 127 Å². The number of aliphatic hydroxyl groups excluding tert-OH is 1. The van der Waals surface area contributed by atoms with Crippen molar-refractivity contribution in [1.29, 1.82) is 0 Å². The summed E-state index contributed by atoms with van der Waals surface area (Å²) in [5.74, 6) is 0.199. The van der Waals surface area contributed by atoms with E-state index in [9.17, 15) is 9.90 Å². The van der Waals surface area contributed by atoms with Gasteiger partial charge >= 0.3 is 0 Å². The van der Waals surface area contributed by atoms with E-state index in [0.29, 0.717) is 6.04 Å². The molecular formula is C16H29N3O2. The lowest BCUT2D eigenvalue weighted by molar-refractivity contribution is -0.127. The third-order valence-corrected chi connectivity index (χ3v) is 5.37. The summed E-state index contributed by atoms with van der Waals surface area (Å²) >= 11 is 0. The fourth-order valence-corrected chi connectivity index (χ4v) is 4.24. The Bertz CT molecular complexity index is 357. The maximum atomic E-state index is 12.6. The molecule has 2 aliphatic heterocycles. The Kier molecular flexibility index (Phi) is 5.14. The first-order valence-corrected chi connectivity index (χ1v) is 8.69. The molecular weight excluding hydrogens is 266 g/mol. The predicted molar refractivity (Wildman–Crippen MR) is 82.0 cm³/mol. The number of rotatable bonds is 3. The molecule has 3 fully saturated rings. The van der Waals surface area contributed by atoms with Crippen LogP contribution in [0.2, 0.25) is 0 Å². The lowest BCUT2D eigenvalue weighted by Crippen LogP contribution is -2.53. The second-order valence-corrected chi connectivity index (χ2v) is 6.90. The smallest absolute Gasteiger partial charge is 0.237 e. The van der Waals surface area contributed by atoms with Gasteiger partial charge in [-0.2, -0.15) is 0 Å². The molecule has 0 spiro atoms. The molecule has 0 aromatic rings. The molecule has 0 aromatic carbocycles. The number of carbonyl (C=O) groups excluding carboxylic acids is 1. The van der Waals surface area contributed by atoms with Gasteiger partial charge in [-0.15, -0.1) is 0 Å². The van der Waals surface area contributed by atoms with E-state index in [-0.39, 0.29) is 24.1 Å². The Balaban J connectivity index is 1.55. The summed E-state index contributed by atoms with van der Waals surface area (Å²) < 4.78 is 0. The minimum Gasteiger partial charge on any atom is -0.393 e. The van der Waals surface area contributed by atoms with Gasteiger partial charge in [-0.1, -0.05) is 0 Å². The van der Waals surface area contributed by atoms with Gasteiger partial charge in [0.25, 0.3) is 0 Å². The van der Waals surface area contributed by atoms with Crippen molar-refractivity contribution in [3.8, 4) is 0 Å². The molecule has 3 N–H and O–H groups in total. The first-order valence-electron chi connectivity index (χ1n) is 8.69. The van der Waals surface area contributed by atoms with E-state index in [4.69, 9.17) is 0 Å². The third kappa shape index (κ3) is 3.76. The largest absolute Gasteiger partial charge is 0.393 e. The molecule has 2 heterocycles. The van der Waals surface area contributed by atoms with Gasteiger partial charge in [0.15, 0.2) is 0 Å². The van der Waals surface area contributed by atoms with E-state index in [2.05, 4.69) is 15.5 Å². The monoisotopic (exact) mass is 295 g/mol. The second-order valence-electron chi connectivity index (χ2n) is 6.90. The van der Waals surface area contributed by atoms with Gasteiger partial charge < -0.3 is 15.7 Å². The van der Waals surface area contributed by atoms with E-state index in [0.717, 1.165) is 71.0 Å². The third-order valence-electron chi connectivity index (χ3n) is 5.37. The summed E-state index contributed by atoms with van der Waals surface area (Å²) in [6.45, 7) is 3.21. The molecule has 3 atom stereocenters. The van der Waals surface area contributed by atoms with Gasteiger partial charge in [-0.3, -0.25) is 9.69 Å². The van der Waals surface area contributed by atoms with Gasteiger partial charge in [0, 0.05) is 12.1 Å². The van der Waals surface area contributed by atoms with Gasteiger partial charge in [0.1, 0.15) is 0 Å². The highest BCUT2D eigenvalue weighted by atomic mass is 16.3. The van der Waals surface area contributed by atoms with Crippen LogP contribution in [0, 0.1) is 0 Å². The predicted octanol–water partition coefficient (Wildman–Crippen LogP) is 0.622. The zero-order valence-electron chi connectivity index (χ0n) is 12.9. The number of likely N-dealkylation sites (tertiary alicyclic amines) is 1. The number of aliphatic hydroxyl groups is 1. The first kappa shape index (κ1) is 15.3. The van der Waals surface area contributed by atoms with Crippen LogP contribution in [0.5, 0.6) is 0 Å². The summed E-state index contributed by atoms with van der Waals surface area (Å²) in [5, 5.41) is 16.3. The van der Waals surface area contributed by atoms with E-state index in [1.165, 1.54) is 0 Å². The number of hydrogen-bond donors (Lipinski definition) is 3. The van der Waals surface area contributed by atoms with Crippen molar-refractivity contribution in [2.24, 2.45) is 0 Å². The second kappa shape index (κ2) is 7.07. The lowest BCUT2D eigenvalue weighted by Gasteiger charge is -2.36. The van der Waals surface area contributed by atoms with Crippen molar-refractivity contribution >= 4 is 5.91 Å². The number of piperidine rings is 1. The van der Waals surface area contributed by atoms with Gasteiger partial charge in [0.2, 0.25) is 5.91 Å². The van der Waals surface area contributed by atoms with E-state index in [1.807, 2.05) is 0 Å². The van der Waals surface area contributed by atoms with Crippen LogP contribution in [0.25, 0.3) is 0 Å². The fourth-order valence-electron chi connectivity index (χ4n) is 4.24. The molecule has 1 saturated carbocycles. The number of nitrogens with zero attached hydrogens (tertiary/aromatic N) is 1. The molecule has 0 aromatic heterocycles. The first-order chi connectivity index (χ1) is 10.2. The zero-order chi connectivity index (χ0) is 14.7. The molecule has 5 nitrogen and oxygen atoms in total. The minimum atomic E-state index is -0.229. The fraction of sp³-hybridized carbons (Fsp3) is 0.938. The maximum Gasteiger partial charge on any atom is 0.237 e. The molecule has 0 radical (unpaired) electrons. The van der Waals surface area contributed by atoms with Crippen molar-refractivity contribution in [3.63, 3.8) is 0 Å². The highest BCUT2D eigenvalue weighted by molar-refractivity contribution is 5.82. The van der Waals surface area contributed by atoms with Crippen molar-refractivity contribution in [1.82, 2.24) is 15.5 Å². The van der Waals surface area contributed by atoms with Crippen LogP contribution in [-0.4, -0.2) is 59.8 Å². The van der Waals surface area contributed by atoms with Crippen LogP contribution < -0.4 is 10.6 Å². The molecule has 1 aliphatic carbocycles. The summed E-state index contributed by atoms with van der Waals surface area (Å²) in [6.07, 6.45) is 7.87. The quantitative estimate of drug-likeness (QED) is 0.714. The molecule has 0 bridgehead atoms. The number of hydrogen-bond acceptors (Lipinski definition) is 4. The number of carbonyl (C=O) groups is 1.